The maximum Gasteiger partial charge on any atom is 0.338 e. The van der Waals surface area contributed by atoms with Gasteiger partial charge in [0.2, 0.25) is 0 Å². The third-order valence-corrected chi connectivity index (χ3v) is 3.13. The molecule has 1 aromatic carbocycles. The van der Waals surface area contributed by atoms with Crippen molar-refractivity contribution in [3.63, 3.8) is 0 Å². The van der Waals surface area contributed by atoms with Gasteiger partial charge in [0.25, 0.3) is 0 Å². The zero-order valence-corrected chi connectivity index (χ0v) is 10.8. The molecule has 0 saturated carbocycles. The highest BCUT2D eigenvalue weighted by Crippen LogP contribution is 2.26. The normalized spacial score (nSPS) is 22.5. The molecule has 0 radical (unpaired) electrons. The summed E-state index contributed by atoms with van der Waals surface area (Å²) in [6.45, 7) is 5.69. The molecule has 100 valence electrons. The fourth-order valence-electron chi connectivity index (χ4n) is 1.95. The highest BCUT2D eigenvalue weighted by molar-refractivity contribution is 5.90. The van der Waals surface area contributed by atoms with E-state index in [0.29, 0.717) is 12.0 Å². The van der Waals surface area contributed by atoms with E-state index in [1.807, 2.05) is 0 Å². The van der Waals surface area contributed by atoms with Gasteiger partial charge in [0, 0.05) is 6.42 Å². The van der Waals surface area contributed by atoms with Crippen molar-refractivity contribution in [2.75, 3.05) is 6.61 Å². The van der Waals surface area contributed by atoms with Gasteiger partial charge >= 0.3 is 11.9 Å². The Bertz CT molecular complexity index is 503. The van der Waals surface area contributed by atoms with Crippen LogP contribution in [0, 0.1) is 0 Å². The van der Waals surface area contributed by atoms with E-state index in [4.69, 9.17) is 9.47 Å². The molecule has 0 spiro atoms. The lowest BCUT2D eigenvalue weighted by Gasteiger charge is -2.32. The number of cyclic esters (lactones) is 1. The third-order valence-electron chi connectivity index (χ3n) is 3.13. The molecular weight excluding hydrogens is 244 g/mol. The minimum absolute atomic E-state index is 0.101. The highest BCUT2D eigenvalue weighted by atomic mass is 16.6. The second kappa shape index (κ2) is 5.26. The Morgan fingerprint density at radius 1 is 1.42 bits per heavy atom. The monoisotopic (exact) mass is 260 g/mol. The van der Waals surface area contributed by atoms with Crippen LogP contribution in [0.25, 0.3) is 6.08 Å². The number of rotatable bonds is 3. The van der Waals surface area contributed by atoms with Crippen molar-refractivity contribution in [2.45, 2.75) is 25.4 Å². The Balaban J connectivity index is 2.07. The number of benzene rings is 1. The average Bonchev–Trinajstić information content (AvgIpc) is 2.38. The molecule has 0 amide bonds. The zero-order chi connectivity index (χ0) is 13.9. The molecular formula is C15H16O4. The van der Waals surface area contributed by atoms with Crippen molar-refractivity contribution < 1.29 is 19.1 Å². The van der Waals surface area contributed by atoms with E-state index in [9.17, 15) is 9.59 Å². The number of ether oxygens (including phenoxy) is 2. The molecule has 1 atom stereocenters. The van der Waals surface area contributed by atoms with Crippen molar-refractivity contribution in [1.82, 2.24) is 0 Å². The summed E-state index contributed by atoms with van der Waals surface area (Å²) in [4.78, 5) is 23.3. The number of carbonyl (C=O) groups excluding carboxylic acids is 2. The Morgan fingerprint density at radius 2 is 2.11 bits per heavy atom. The van der Waals surface area contributed by atoms with Crippen LogP contribution in [-0.4, -0.2) is 24.1 Å². The fourth-order valence-corrected chi connectivity index (χ4v) is 1.95. The van der Waals surface area contributed by atoms with Crippen LogP contribution >= 0.6 is 0 Å². The summed E-state index contributed by atoms with van der Waals surface area (Å²) in [6, 6.07) is 6.95. The molecule has 0 aliphatic carbocycles. The van der Waals surface area contributed by atoms with Crippen molar-refractivity contribution in [3.8, 4) is 0 Å². The molecule has 2 rings (SSSR count). The summed E-state index contributed by atoms with van der Waals surface area (Å²) < 4.78 is 10.3. The lowest BCUT2D eigenvalue weighted by Crippen LogP contribution is -2.40. The van der Waals surface area contributed by atoms with E-state index in [1.54, 1.807) is 37.3 Å². The molecule has 0 N–H and O–H groups in total. The molecule has 1 unspecified atom stereocenters. The second-order valence-electron chi connectivity index (χ2n) is 4.81. The van der Waals surface area contributed by atoms with Crippen molar-refractivity contribution in [2.24, 2.45) is 0 Å². The first-order chi connectivity index (χ1) is 9.02. The van der Waals surface area contributed by atoms with Crippen LogP contribution < -0.4 is 0 Å². The summed E-state index contributed by atoms with van der Waals surface area (Å²) in [5.41, 5.74) is 0.624. The van der Waals surface area contributed by atoms with Gasteiger partial charge in [-0.05, 0) is 24.6 Å². The standard InChI is InChI=1S/C15H16O4/c1-3-11-4-6-12(7-5-11)14(17)19-15(2)8-9-18-13(16)10-15/h3-7H,1,8-10H2,2H3. The number of hydrogen-bond donors (Lipinski definition) is 0. The van der Waals surface area contributed by atoms with E-state index in [2.05, 4.69) is 6.58 Å². The van der Waals surface area contributed by atoms with Crippen LogP contribution in [0.3, 0.4) is 0 Å². The maximum atomic E-state index is 12.0. The van der Waals surface area contributed by atoms with Gasteiger partial charge in [0.05, 0.1) is 18.6 Å². The lowest BCUT2D eigenvalue weighted by molar-refractivity contribution is -0.158. The molecule has 1 fully saturated rings. The Labute approximate surface area is 112 Å². The van der Waals surface area contributed by atoms with Crippen LogP contribution in [0.1, 0.15) is 35.7 Å². The topological polar surface area (TPSA) is 52.6 Å². The van der Waals surface area contributed by atoms with E-state index in [0.717, 1.165) is 5.56 Å². The maximum absolute atomic E-state index is 12.0. The minimum Gasteiger partial charge on any atom is -0.465 e. The smallest absolute Gasteiger partial charge is 0.338 e. The molecule has 0 aromatic heterocycles. The third kappa shape index (κ3) is 3.22. The molecule has 1 aliphatic rings. The van der Waals surface area contributed by atoms with Gasteiger partial charge in [-0.3, -0.25) is 4.79 Å². The van der Waals surface area contributed by atoms with E-state index in [-0.39, 0.29) is 19.0 Å². The number of carbonyl (C=O) groups is 2. The predicted octanol–water partition coefficient (Wildman–Crippen LogP) is 2.58. The average molecular weight is 260 g/mol. The van der Waals surface area contributed by atoms with Gasteiger partial charge in [-0.2, -0.15) is 0 Å². The predicted molar refractivity (Wildman–Crippen MR) is 70.5 cm³/mol. The Hall–Kier alpha value is -2.10. The highest BCUT2D eigenvalue weighted by Gasteiger charge is 2.36. The van der Waals surface area contributed by atoms with Gasteiger partial charge in [0.15, 0.2) is 0 Å². The Morgan fingerprint density at radius 3 is 2.68 bits per heavy atom. The first kappa shape index (κ1) is 13.3. The van der Waals surface area contributed by atoms with Crippen LogP contribution in [0.4, 0.5) is 0 Å². The number of esters is 2. The molecule has 1 heterocycles. The first-order valence-corrected chi connectivity index (χ1v) is 6.14. The van der Waals surface area contributed by atoms with Crippen LogP contribution in [0.15, 0.2) is 30.8 Å². The van der Waals surface area contributed by atoms with E-state index >= 15 is 0 Å². The molecule has 0 bridgehead atoms. The molecule has 19 heavy (non-hydrogen) atoms. The second-order valence-corrected chi connectivity index (χ2v) is 4.81. The summed E-state index contributed by atoms with van der Waals surface area (Å²) in [6.07, 6.45) is 2.33. The van der Waals surface area contributed by atoms with Crippen molar-refractivity contribution in [1.29, 1.82) is 0 Å². The van der Waals surface area contributed by atoms with Gasteiger partial charge in [-0.15, -0.1) is 0 Å². The summed E-state index contributed by atoms with van der Waals surface area (Å²) in [5, 5.41) is 0. The van der Waals surface area contributed by atoms with E-state index < -0.39 is 11.6 Å². The molecule has 4 nitrogen and oxygen atoms in total. The molecule has 1 aliphatic heterocycles. The Kier molecular flexibility index (Phi) is 3.69. The van der Waals surface area contributed by atoms with Gasteiger partial charge < -0.3 is 9.47 Å². The van der Waals surface area contributed by atoms with Crippen LogP contribution in [-0.2, 0) is 14.3 Å². The van der Waals surface area contributed by atoms with Crippen molar-refractivity contribution in [3.05, 3.63) is 42.0 Å². The first-order valence-electron chi connectivity index (χ1n) is 6.14. The van der Waals surface area contributed by atoms with E-state index in [1.165, 1.54) is 0 Å². The summed E-state index contributed by atoms with van der Waals surface area (Å²) in [5.74, 6) is -0.753. The SMILES string of the molecule is C=Cc1ccc(C(=O)OC2(C)CCOC(=O)C2)cc1. The van der Waals surface area contributed by atoms with Gasteiger partial charge in [-0.1, -0.05) is 24.8 Å². The largest absolute Gasteiger partial charge is 0.465 e. The summed E-state index contributed by atoms with van der Waals surface area (Å²) in [7, 11) is 0. The zero-order valence-electron chi connectivity index (χ0n) is 10.8. The van der Waals surface area contributed by atoms with Gasteiger partial charge in [0.1, 0.15) is 5.60 Å². The fraction of sp³-hybridized carbons (Fsp3) is 0.333. The molecule has 4 heteroatoms. The summed E-state index contributed by atoms with van der Waals surface area (Å²) >= 11 is 0. The molecule has 1 aromatic rings. The number of hydrogen-bond acceptors (Lipinski definition) is 4. The van der Waals surface area contributed by atoms with Gasteiger partial charge in [-0.25, -0.2) is 4.79 Å². The van der Waals surface area contributed by atoms with Crippen LogP contribution in [0.2, 0.25) is 0 Å². The lowest BCUT2D eigenvalue weighted by atomic mass is 9.96. The quantitative estimate of drug-likeness (QED) is 0.784. The minimum atomic E-state index is -0.774. The van der Waals surface area contributed by atoms with Crippen molar-refractivity contribution >= 4 is 18.0 Å². The van der Waals surface area contributed by atoms with Crippen LogP contribution in [0.5, 0.6) is 0 Å². The molecule has 1 saturated heterocycles.